The van der Waals surface area contributed by atoms with Gasteiger partial charge in [-0.1, -0.05) is 15.9 Å². The fraction of sp³-hybridized carbons (Fsp3) is 0.455. The van der Waals surface area contributed by atoms with Crippen molar-refractivity contribution < 1.29 is 10.2 Å². The lowest BCUT2D eigenvalue weighted by Crippen LogP contribution is -2.23. The molecule has 1 aromatic carbocycles. The number of phenols is 2. The normalized spacial score (nSPS) is 17.7. The van der Waals surface area contributed by atoms with E-state index in [9.17, 15) is 10.2 Å². The van der Waals surface area contributed by atoms with Crippen LogP contribution in [0.2, 0.25) is 0 Å². The highest BCUT2D eigenvalue weighted by atomic mass is 79.9. The Hall–Kier alpha value is -0.740. The second-order valence-corrected chi connectivity index (χ2v) is 4.99. The van der Waals surface area contributed by atoms with E-state index in [0.717, 1.165) is 29.4 Å². The lowest BCUT2D eigenvalue weighted by Gasteiger charge is -2.17. The molecule has 15 heavy (non-hydrogen) atoms. The first-order chi connectivity index (χ1) is 7.09. The number of hydrogen-bond acceptors (Lipinski definition) is 3. The first kappa shape index (κ1) is 10.8. The summed E-state index contributed by atoms with van der Waals surface area (Å²) in [6.45, 7) is 0.899. The van der Waals surface area contributed by atoms with Gasteiger partial charge in [-0.15, -0.1) is 0 Å². The Morgan fingerprint density at radius 2 is 1.93 bits per heavy atom. The van der Waals surface area contributed by atoms with Gasteiger partial charge in [0.25, 0.3) is 0 Å². The van der Waals surface area contributed by atoms with Crippen molar-refractivity contribution in [2.75, 3.05) is 13.6 Å². The largest absolute Gasteiger partial charge is 0.504 e. The average molecular weight is 272 g/mol. The van der Waals surface area contributed by atoms with Crippen LogP contribution in [-0.4, -0.2) is 23.8 Å². The Bertz CT molecular complexity index is 388. The molecule has 0 saturated heterocycles. The molecule has 0 aromatic heterocycles. The highest BCUT2D eigenvalue weighted by Gasteiger charge is 2.45. The van der Waals surface area contributed by atoms with E-state index < -0.39 is 0 Å². The molecule has 0 unspecified atom stereocenters. The number of benzene rings is 1. The monoisotopic (exact) mass is 271 g/mol. The van der Waals surface area contributed by atoms with Crippen LogP contribution in [-0.2, 0) is 5.41 Å². The minimum atomic E-state index is -0.0779. The second kappa shape index (κ2) is 3.68. The summed E-state index contributed by atoms with van der Waals surface area (Å²) in [6, 6.07) is 3.21. The summed E-state index contributed by atoms with van der Waals surface area (Å²) >= 11 is 3.43. The summed E-state index contributed by atoms with van der Waals surface area (Å²) in [7, 11) is 1.92. The minimum absolute atomic E-state index is 0.0458. The van der Waals surface area contributed by atoms with Gasteiger partial charge in [-0.2, -0.15) is 0 Å². The SMILES string of the molecule is CNCC1(c2cc(O)c(O)cc2Br)CC1. The number of phenolic OH excluding ortho intramolecular Hbond substituents is 2. The smallest absolute Gasteiger partial charge is 0.158 e. The zero-order valence-electron chi connectivity index (χ0n) is 8.55. The third kappa shape index (κ3) is 1.84. The van der Waals surface area contributed by atoms with Gasteiger partial charge in [-0.25, -0.2) is 0 Å². The standard InChI is InChI=1S/C11H14BrNO2/c1-13-6-11(2-3-11)7-4-9(14)10(15)5-8(7)12/h4-5,13-15H,2-3,6H2,1H3. The van der Waals surface area contributed by atoms with Gasteiger partial charge in [0, 0.05) is 16.4 Å². The van der Waals surface area contributed by atoms with Crippen LogP contribution >= 0.6 is 15.9 Å². The van der Waals surface area contributed by atoms with E-state index in [1.54, 1.807) is 12.1 Å². The predicted octanol–water partition coefficient (Wildman–Crippen LogP) is 2.11. The average Bonchev–Trinajstić information content (AvgIpc) is 2.93. The molecule has 82 valence electrons. The van der Waals surface area contributed by atoms with Crippen LogP contribution in [0.3, 0.4) is 0 Å². The zero-order valence-corrected chi connectivity index (χ0v) is 10.1. The number of rotatable bonds is 3. The van der Waals surface area contributed by atoms with Crippen molar-refractivity contribution in [3.8, 4) is 11.5 Å². The fourth-order valence-corrected chi connectivity index (χ4v) is 2.74. The van der Waals surface area contributed by atoms with Gasteiger partial charge in [0.05, 0.1) is 0 Å². The molecule has 0 atom stereocenters. The Kier molecular flexibility index (Phi) is 2.64. The van der Waals surface area contributed by atoms with Crippen molar-refractivity contribution in [1.82, 2.24) is 5.32 Å². The van der Waals surface area contributed by atoms with Gasteiger partial charge in [-0.3, -0.25) is 0 Å². The summed E-state index contributed by atoms with van der Waals surface area (Å²) in [5.41, 5.74) is 1.21. The molecule has 0 radical (unpaired) electrons. The molecule has 3 N–H and O–H groups in total. The molecule has 2 rings (SSSR count). The van der Waals surface area contributed by atoms with Crippen molar-refractivity contribution in [1.29, 1.82) is 0 Å². The van der Waals surface area contributed by atoms with Crippen molar-refractivity contribution in [2.45, 2.75) is 18.3 Å². The van der Waals surface area contributed by atoms with E-state index in [-0.39, 0.29) is 16.9 Å². The number of nitrogens with one attached hydrogen (secondary N) is 1. The lowest BCUT2D eigenvalue weighted by molar-refractivity contribution is 0.402. The minimum Gasteiger partial charge on any atom is -0.504 e. The molecule has 1 fully saturated rings. The Labute approximate surface area is 97.3 Å². The molecule has 3 nitrogen and oxygen atoms in total. The van der Waals surface area contributed by atoms with Gasteiger partial charge < -0.3 is 15.5 Å². The Morgan fingerprint density at radius 1 is 1.33 bits per heavy atom. The summed E-state index contributed by atoms with van der Waals surface area (Å²) in [5.74, 6) is -0.124. The van der Waals surface area contributed by atoms with E-state index in [1.807, 2.05) is 7.05 Å². The number of halogens is 1. The molecule has 4 heteroatoms. The third-order valence-electron chi connectivity index (χ3n) is 3.00. The molecule has 0 bridgehead atoms. The van der Waals surface area contributed by atoms with E-state index in [4.69, 9.17) is 0 Å². The van der Waals surface area contributed by atoms with Gasteiger partial charge in [0.15, 0.2) is 11.5 Å². The van der Waals surface area contributed by atoms with Crippen LogP contribution in [0.25, 0.3) is 0 Å². The molecule has 1 aliphatic rings. The highest BCUT2D eigenvalue weighted by molar-refractivity contribution is 9.10. The van der Waals surface area contributed by atoms with E-state index >= 15 is 0 Å². The summed E-state index contributed by atoms with van der Waals surface area (Å²) in [4.78, 5) is 0. The zero-order chi connectivity index (χ0) is 11.1. The van der Waals surface area contributed by atoms with Crippen molar-refractivity contribution in [3.63, 3.8) is 0 Å². The van der Waals surface area contributed by atoms with Crippen LogP contribution in [0.1, 0.15) is 18.4 Å². The molecule has 0 aliphatic heterocycles. The molecule has 0 spiro atoms. The number of aromatic hydroxyl groups is 2. The quantitative estimate of drug-likeness (QED) is 0.739. The van der Waals surface area contributed by atoms with Crippen LogP contribution in [0.5, 0.6) is 11.5 Å². The maximum absolute atomic E-state index is 9.49. The van der Waals surface area contributed by atoms with Crippen molar-refractivity contribution in [3.05, 3.63) is 22.2 Å². The topological polar surface area (TPSA) is 52.5 Å². The Balaban J connectivity index is 2.40. The highest BCUT2D eigenvalue weighted by Crippen LogP contribution is 2.51. The van der Waals surface area contributed by atoms with E-state index in [0.29, 0.717) is 0 Å². The summed E-state index contributed by atoms with van der Waals surface area (Å²) < 4.78 is 0.866. The van der Waals surface area contributed by atoms with Gasteiger partial charge in [0.1, 0.15) is 0 Å². The molecule has 0 heterocycles. The van der Waals surface area contributed by atoms with Gasteiger partial charge >= 0.3 is 0 Å². The summed E-state index contributed by atoms with van der Waals surface area (Å²) in [6.07, 6.45) is 2.24. The first-order valence-corrected chi connectivity index (χ1v) is 5.75. The van der Waals surface area contributed by atoms with Crippen molar-refractivity contribution in [2.24, 2.45) is 0 Å². The summed E-state index contributed by atoms with van der Waals surface area (Å²) in [5, 5.41) is 22.0. The van der Waals surface area contributed by atoms with Crippen molar-refractivity contribution >= 4 is 15.9 Å². The maximum atomic E-state index is 9.49. The molecular formula is C11H14BrNO2. The molecule has 1 saturated carbocycles. The lowest BCUT2D eigenvalue weighted by atomic mass is 9.95. The fourth-order valence-electron chi connectivity index (χ4n) is 1.99. The molecular weight excluding hydrogens is 258 g/mol. The van der Waals surface area contributed by atoms with E-state index in [2.05, 4.69) is 21.2 Å². The van der Waals surface area contributed by atoms with E-state index in [1.165, 1.54) is 0 Å². The predicted molar refractivity (Wildman–Crippen MR) is 62.3 cm³/mol. The number of likely N-dealkylation sites (N-methyl/N-ethyl adjacent to an activating group) is 1. The van der Waals surface area contributed by atoms with Gasteiger partial charge in [-0.05, 0) is 37.6 Å². The molecule has 0 amide bonds. The number of hydrogen-bond donors (Lipinski definition) is 3. The van der Waals surface area contributed by atoms with Crippen LogP contribution in [0.4, 0.5) is 0 Å². The molecule has 1 aromatic rings. The maximum Gasteiger partial charge on any atom is 0.158 e. The van der Waals surface area contributed by atoms with Crippen LogP contribution < -0.4 is 5.32 Å². The molecule has 1 aliphatic carbocycles. The van der Waals surface area contributed by atoms with Crippen LogP contribution in [0.15, 0.2) is 16.6 Å². The van der Waals surface area contributed by atoms with Crippen LogP contribution in [0, 0.1) is 0 Å². The first-order valence-electron chi connectivity index (χ1n) is 4.96. The third-order valence-corrected chi connectivity index (χ3v) is 3.66. The Morgan fingerprint density at radius 3 is 2.47 bits per heavy atom. The second-order valence-electron chi connectivity index (χ2n) is 4.13. The van der Waals surface area contributed by atoms with Gasteiger partial charge in [0.2, 0.25) is 0 Å².